The third-order valence-corrected chi connectivity index (χ3v) is 4.55. The fourth-order valence-corrected chi connectivity index (χ4v) is 2.89. The molecule has 0 aliphatic rings. The highest BCUT2D eigenvalue weighted by molar-refractivity contribution is 5.78. The number of hydrogen-bond acceptors (Lipinski definition) is 6. The van der Waals surface area contributed by atoms with Crippen LogP contribution in [0, 0.1) is 34.2 Å². The number of amides is 1. The Kier molecular flexibility index (Phi) is 8.37. The van der Waals surface area contributed by atoms with Crippen molar-refractivity contribution in [3.05, 3.63) is 58.7 Å². The van der Waals surface area contributed by atoms with E-state index in [1.807, 2.05) is 6.07 Å². The van der Waals surface area contributed by atoms with Crippen molar-refractivity contribution in [3.8, 4) is 6.07 Å². The third kappa shape index (κ3) is 6.08. The van der Waals surface area contributed by atoms with Crippen LogP contribution in [0.2, 0.25) is 0 Å². The highest BCUT2D eigenvalue weighted by Gasteiger charge is 2.21. The first-order valence-corrected chi connectivity index (χ1v) is 9.40. The van der Waals surface area contributed by atoms with Crippen LogP contribution in [0.25, 0.3) is 0 Å². The van der Waals surface area contributed by atoms with Crippen LogP contribution in [0.4, 0.5) is 18.9 Å². The van der Waals surface area contributed by atoms with Gasteiger partial charge in [0.15, 0.2) is 17.5 Å². The van der Waals surface area contributed by atoms with E-state index in [4.69, 9.17) is 21.7 Å². The van der Waals surface area contributed by atoms with Gasteiger partial charge in [-0.15, -0.1) is 0 Å². The number of carbonyl (C=O) groups excluding carboxylic acids is 1. The fraction of sp³-hybridized carbons (Fsp3) is 0.300. The van der Waals surface area contributed by atoms with Crippen LogP contribution in [0.1, 0.15) is 16.8 Å². The quantitative estimate of drug-likeness (QED) is 0.281. The maximum Gasteiger partial charge on any atom is 0.221 e. The minimum absolute atomic E-state index is 0.000644. The molecule has 1 amide bonds. The summed E-state index contributed by atoms with van der Waals surface area (Å²) in [4.78, 5) is 21.9. The van der Waals surface area contributed by atoms with Crippen LogP contribution in [0.5, 0.6) is 0 Å². The van der Waals surface area contributed by atoms with Crippen molar-refractivity contribution in [2.75, 3.05) is 31.6 Å². The molecule has 0 aliphatic heterocycles. The number of halogens is 3. The molecule has 170 valence electrons. The van der Waals surface area contributed by atoms with Crippen molar-refractivity contribution in [3.63, 3.8) is 0 Å². The third-order valence-electron chi connectivity index (χ3n) is 4.55. The van der Waals surface area contributed by atoms with Gasteiger partial charge in [0.05, 0.1) is 36.0 Å². The summed E-state index contributed by atoms with van der Waals surface area (Å²) in [5, 5.41) is 17.5. The number of nitrogens with one attached hydrogen (secondary N) is 1. The van der Waals surface area contributed by atoms with Crippen molar-refractivity contribution in [1.82, 2.24) is 10.0 Å². The molecule has 1 aromatic heterocycles. The number of nitrogens with zero attached hydrogens (tertiary/aromatic N) is 4. The number of hydroxylamine groups is 2. The molecule has 2 aromatic rings. The first-order chi connectivity index (χ1) is 15.1. The van der Waals surface area contributed by atoms with Crippen LogP contribution in [0.3, 0.4) is 0 Å². The molecule has 0 aliphatic carbocycles. The summed E-state index contributed by atoms with van der Waals surface area (Å²) in [7, 11) is 1.41. The molecule has 1 heterocycles. The number of guanidine groups is 1. The van der Waals surface area contributed by atoms with Gasteiger partial charge in [0.25, 0.3) is 0 Å². The molecule has 0 unspecified atom stereocenters. The Hall–Kier alpha value is -3.85. The van der Waals surface area contributed by atoms with Crippen LogP contribution < -0.4 is 16.4 Å². The number of primary amides is 1. The van der Waals surface area contributed by atoms with Crippen molar-refractivity contribution < 1.29 is 22.8 Å². The van der Waals surface area contributed by atoms with Gasteiger partial charge in [0, 0.05) is 38.3 Å². The molecule has 0 spiro atoms. The van der Waals surface area contributed by atoms with Gasteiger partial charge < -0.3 is 16.4 Å². The molecule has 0 radical (unpaired) electrons. The molecule has 0 atom stereocenters. The lowest BCUT2D eigenvalue weighted by atomic mass is 10.0. The lowest BCUT2D eigenvalue weighted by molar-refractivity contribution is -0.117. The molecule has 32 heavy (non-hydrogen) atoms. The molecule has 0 fully saturated rings. The number of anilines is 1. The first kappa shape index (κ1) is 24.4. The lowest BCUT2D eigenvalue weighted by Crippen LogP contribution is -2.37. The van der Waals surface area contributed by atoms with E-state index in [-0.39, 0.29) is 54.6 Å². The van der Waals surface area contributed by atoms with Gasteiger partial charge in [-0.25, -0.2) is 18.2 Å². The number of hydrogen-bond donors (Lipinski definition) is 3. The van der Waals surface area contributed by atoms with E-state index in [0.29, 0.717) is 0 Å². The average Bonchev–Trinajstić information content (AvgIpc) is 2.74. The van der Waals surface area contributed by atoms with Crippen LogP contribution in [0.15, 0.2) is 24.4 Å². The van der Waals surface area contributed by atoms with E-state index in [1.54, 1.807) is 0 Å². The summed E-state index contributed by atoms with van der Waals surface area (Å²) in [6, 6.07) is 5.38. The molecule has 9 nitrogen and oxygen atoms in total. The lowest BCUT2D eigenvalue weighted by Gasteiger charge is -2.27. The largest absolute Gasteiger partial charge is 0.369 e. The van der Waals surface area contributed by atoms with Gasteiger partial charge in [-0.1, -0.05) is 0 Å². The van der Waals surface area contributed by atoms with Gasteiger partial charge in [-0.05, 0) is 18.2 Å². The minimum atomic E-state index is -1.10. The number of benzene rings is 1. The Morgan fingerprint density at radius 3 is 2.56 bits per heavy atom. The topological polar surface area (TPSA) is 145 Å². The zero-order valence-electron chi connectivity index (χ0n) is 17.2. The monoisotopic (exact) mass is 449 g/mol. The van der Waals surface area contributed by atoms with Gasteiger partial charge in [0.1, 0.15) is 0 Å². The van der Waals surface area contributed by atoms with Gasteiger partial charge in [0.2, 0.25) is 11.9 Å². The van der Waals surface area contributed by atoms with Gasteiger partial charge in [-0.2, -0.15) is 5.26 Å². The number of pyridine rings is 1. The molecule has 2 rings (SSSR count). The van der Waals surface area contributed by atoms with Crippen LogP contribution in [-0.2, 0) is 22.5 Å². The van der Waals surface area contributed by atoms with E-state index in [1.165, 1.54) is 24.1 Å². The second-order valence-electron chi connectivity index (χ2n) is 6.69. The number of nitrogens with two attached hydrogens (primary N) is 2. The Balaban J connectivity index is 2.34. The minimum Gasteiger partial charge on any atom is -0.369 e. The highest BCUT2D eigenvalue weighted by atomic mass is 19.2. The zero-order valence-corrected chi connectivity index (χ0v) is 17.2. The molecular formula is C20H22F3N7O2. The van der Waals surface area contributed by atoms with Crippen LogP contribution in [-0.4, -0.2) is 48.7 Å². The summed E-state index contributed by atoms with van der Waals surface area (Å²) in [5.74, 6) is -4.16. The Labute approximate surface area is 182 Å². The summed E-state index contributed by atoms with van der Waals surface area (Å²) in [5.41, 5.74) is 10.1. The number of nitriles is 1. The van der Waals surface area contributed by atoms with Crippen molar-refractivity contribution in [2.45, 2.75) is 12.8 Å². The van der Waals surface area contributed by atoms with Crippen molar-refractivity contribution in [1.29, 1.82) is 10.7 Å². The highest BCUT2D eigenvalue weighted by Crippen LogP contribution is 2.26. The van der Waals surface area contributed by atoms with Crippen molar-refractivity contribution in [2.24, 2.45) is 11.5 Å². The standard InChI is InChI=1S/C20H22F3N7O2/c1-29(20(26)27)32-9-8-30(7-5-15-19(23)14(21)4-6-28-15)16-3-2-12(11-24)13(18(16)22)10-17(25)31/h2-4,6H,5,7-10H2,1H3,(H2,25,31)(H3,26,27). The Morgan fingerprint density at radius 2 is 1.94 bits per heavy atom. The smallest absolute Gasteiger partial charge is 0.221 e. The SMILES string of the molecule is CN(OCCN(CCc1nccc(F)c1F)c1ccc(C#N)c(CC(N)=O)c1F)C(=N)N. The summed E-state index contributed by atoms with van der Waals surface area (Å²) in [6.45, 7) is 0.00642. The predicted molar refractivity (Wildman–Crippen MR) is 110 cm³/mol. The van der Waals surface area contributed by atoms with E-state index in [2.05, 4.69) is 4.98 Å². The molecule has 0 bridgehead atoms. The number of rotatable bonds is 10. The molecule has 5 N–H and O–H groups in total. The van der Waals surface area contributed by atoms with E-state index in [9.17, 15) is 18.8 Å². The molecular weight excluding hydrogens is 427 g/mol. The second kappa shape index (κ2) is 11.0. The number of carbonyl (C=O) groups is 1. The predicted octanol–water partition coefficient (Wildman–Crippen LogP) is 1.20. The van der Waals surface area contributed by atoms with E-state index >= 15 is 4.39 Å². The maximum absolute atomic E-state index is 15.3. The van der Waals surface area contributed by atoms with E-state index < -0.39 is 29.8 Å². The normalized spacial score (nSPS) is 10.5. The summed E-state index contributed by atoms with van der Waals surface area (Å²) in [6.07, 6.45) is 0.563. The Bertz CT molecular complexity index is 1040. The van der Waals surface area contributed by atoms with Crippen LogP contribution >= 0.6 is 0 Å². The van der Waals surface area contributed by atoms with E-state index in [0.717, 1.165) is 17.3 Å². The molecule has 0 saturated carbocycles. The zero-order chi connectivity index (χ0) is 23.8. The Morgan fingerprint density at radius 1 is 1.22 bits per heavy atom. The number of aromatic nitrogens is 1. The second-order valence-corrected chi connectivity index (χ2v) is 6.69. The van der Waals surface area contributed by atoms with Gasteiger partial charge in [-0.3, -0.25) is 20.0 Å². The first-order valence-electron chi connectivity index (χ1n) is 9.40. The molecule has 12 heteroatoms. The summed E-state index contributed by atoms with van der Waals surface area (Å²) < 4.78 is 42.8. The molecule has 0 saturated heterocycles. The maximum atomic E-state index is 15.3. The summed E-state index contributed by atoms with van der Waals surface area (Å²) >= 11 is 0. The van der Waals surface area contributed by atoms with Gasteiger partial charge >= 0.3 is 0 Å². The fourth-order valence-electron chi connectivity index (χ4n) is 2.89. The molecule has 1 aromatic carbocycles. The van der Waals surface area contributed by atoms with Crippen molar-refractivity contribution >= 4 is 17.6 Å². The average molecular weight is 449 g/mol.